The number of nitrogens with zero attached hydrogens (tertiary/aromatic N) is 3. The molecule has 2 aromatic heterocycles. The van der Waals surface area contributed by atoms with Crippen LogP contribution in [0.2, 0.25) is 0 Å². The lowest BCUT2D eigenvalue weighted by molar-refractivity contribution is -0.118. The fourth-order valence-corrected chi connectivity index (χ4v) is 3.80. The molecule has 0 saturated carbocycles. The normalized spacial score (nSPS) is 12.4. The van der Waals surface area contributed by atoms with Gasteiger partial charge in [-0.25, -0.2) is 4.98 Å². The average molecular weight is 420 g/mol. The molecular formula is C22H21N5O2S. The Labute approximate surface area is 177 Å². The first-order valence-corrected chi connectivity index (χ1v) is 10.5. The fraction of sp³-hybridized carbons (Fsp3) is 0.227. The molecular weight excluding hydrogens is 398 g/mol. The summed E-state index contributed by atoms with van der Waals surface area (Å²) in [6.07, 6.45) is 0. The number of H-pyrrole nitrogens is 1. The zero-order valence-corrected chi connectivity index (χ0v) is 17.7. The third kappa shape index (κ3) is 4.04. The van der Waals surface area contributed by atoms with E-state index in [9.17, 15) is 9.59 Å². The number of fused-ring (bicyclic) bond motifs is 3. The van der Waals surface area contributed by atoms with Crippen LogP contribution in [0.1, 0.15) is 31.1 Å². The van der Waals surface area contributed by atoms with Gasteiger partial charge in [-0.05, 0) is 37.3 Å². The summed E-state index contributed by atoms with van der Waals surface area (Å²) in [5.41, 5.74) is 3.55. The van der Waals surface area contributed by atoms with Gasteiger partial charge in [-0.2, -0.15) is 0 Å². The minimum absolute atomic E-state index is 0.0397. The first kappa shape index (κ1) is 20.0. The lowest BCUT2D eigenvalue weighted by atomic mass is 10.1. The van der Waals surface area contributed by atoms with Crippen molar-refractivity contribution in [2.45, 2.75) is 31.2 Å². The smallest absolute Gasteiger partial charge is 0.226 e. The highest BCUT2D eigenvalue weighted by molar-refractivity contribution is 8.00. The van der Waals surface area contributed by atoms with Crippen molar-refractivity contribution < 1.29 is 9.59 Å². The van der Waals surface area contributed by atoms with Gasteiger partial charge in [0.2, 0.25) is 11.1 Å². The lowest BCUT2D eigenvalue weighted by Gasteiger charge is -2.11. The monoisotopic (exact) mass is 419 g/mol. The van der Waals surface area contributed by atoms with E-state index in [-0.39, 0.29) is 22.9 Å². The van der Waals surface area contributed by atoms with E-state index in [2.05, 4.69) is 25.5 Å². The van der Waals surface area contributed by atoms with Gasteiger partial charge in [0.15, 0.2) is 11.4 Å². The number of ketones is 1. The molecule has 2 heterocycles. The van der Waals surface area contributed by atoms with Crippen molar-refractivity contribution in [3.05, 3.63) is 54.1 Å². The number of aromatic nitrogens is 4. The largest absolute Gasteiger partial charge is 0.338 e. The Morgan fingerprint density at radius 1 is 1.00 bits per heavy atom. The number of para-hydroxylation sites is 1. The van der Waals surface area contributed by atoms with Gasteiger partial charge in [-0.15, -0.1) is 10.2 Å². The van der Waals surface area contributed by atoms with E-state index in [1.165, 1.54) is 11.8 Å². The summed E-state index contributed by atoms with van der Waals surface area (Å²) in [5, 5.41) is 12.3. The Morgan fingerprint density at radius 2 is 1.73 bits per heavy atom. The van der Waals surface area contributed by atoms with Gasteiger partial charge in [0.1, 0.15) is 5.52 Å². The van der Waals surface area contributed by atoms with Crippen LogP contribution in [0.15, 0.2) is 53.7 Å². The van der Waals surface area contributed by atoms with Crippen LogP contribution >= 0.6 is 11.8 Å². The molecule has 2 aromatic carbocycles. The maximum absolute atomic E-state index is 12.8. The number of hydrogen-bond acceptors (Lipinski definition) is 6. The van der Waals surface area contributed by atoms with Crippen LogP contribution in [0.25, 0.3) is 22.1 Å². The van der Waals surface area contributed by atoms with Crippen LogP contribution in [-0.4, -0.2) is 37.1 Å². The van der Waals surface area contributed by atoms with E-state index < -0.39 is 0 Å². The van der Waals surface area contributed by atoms with Crippen molar-refractivity contribution in [1.29, 1.82) is 0 Å². The van der Waals surface area contributed by atoms with Crippen LogP contribution in [0.5, 0.6) is 0 Å². The highest BCUT2D eigenvalue weighted by Crippen LogP contribution is 2.26. The predicted octanol–water partition coefficient (Wildman–Crippen LogP) is 4.46. The minimum atomic E-state index is -0.385. The summed E-state index contributed by atoms with van der Waals surface area (Å²) in [5.74, 6) is -0.206. The van der Waals surface area contributed by atoms with Gasteiger partial charge >= 0.3 is 0 Å². The Kier molecular flexibility index (Phi) is 5.50. The van der Waals surface area contributed by atoms with Gasteiger partial charge in [-0.1, -0.05) is 43.8 Å². The fourth-order valence-electron chi connectivity index (χ4n) is 3.01. The summed E-state index contributed by atoms with van der Waals surface area (Å²) >= 11 is 1.27. The van der Waals surface area contributed by atoms with E-state index in [1.54, 1.807) is 24.3 Å². The summed E-state index contributed by atoms with van der Waals surface area (Å²) in [6.45, 7) is 5.48. The Bertz CT molecular complexity index is 1230. The zero-order valence-electron chi connectivity index (χ0n) is 16.8. The van der Waals surface area contributed by atoms with E-state index in [0.717, 1.165) is 10.9 Å². The molecule has 0 aliphatic heterocycles. The molecule has 0 saturated heterocycles. The molecule has 2 N–H and O–H groups in total. The average Bonchev–Trinajstić information content (AvgIpc) is 3.11. The topological polar surface area (TPSA) is 101 Å². The number of carbonyl (C=O) groups is 2. The molecule has 0 radical (unpaired) electrons. The highest BCUT2D eigenvalue weighted by atomic mass is 32.2. The molecule has 0 unspecified atom stereocenters. The Hall–Kier alpha value is -3.26. The number of nitrogens with one attached hydrogen (secondary N) is 2. The third-order valence-electron chi connectivity index (χ3n) is 4.72. The number of aromatic amines is 1. The first-order chi connectivity index (χ1) is 14.4. The predicted molar refractivity (Wildman–Crippen MR) is 119 cm³/mol. The molecule has 1 atom stereocenters. The lowest BCUT2D eigenvalue weighted by Crippen LogP contribution is -2.18. The van der Waals surface area contributed by atoms with Crippen molar-refractivity contribution in [3.63, 3.8) is 0 Å². The summed E-state index contributed by atoms with van der Waals surface area (Å²) in [4.78, 5) is 32.4. The molecule has 4 rings (SSSR count). The van der Waals surface area contributed by atoms with E-state index >= 15 is 0 Å². The number of benzene rings is 2. The molecule has 0 spiro atoms. The molecule has 1 amide bonds. The Morgan fingerprint density at radius 3 is 2.47 bits per heavy atom. The van der Waals surface area contributed by atoms with Crippen molar-refractivity contribution in [2.75, 3.05) is 5.32 Å². The molecule has 7 nitrogen and oxygen atoms in total. The summed E-state index contributed by atoms with van der Waals surface area (Å²) in [7, 11) is 0. The maximum Gasteiger partial charge on any atom is 0.226 e. The molecule has 4 aromatic rings. The number of Topliss-reactive ketones (excluding diaryl/α,β-unsaturated/α-hetero) is 1. The van der Waals surface area contributed by atoms with Gasteiger partial charge in [-0.3, -0.25) is 9.59 Å². The van der Waals surface area contributed by atoms with Crippen LogP contribution in [0.4, 0.5) is 5.69 Å². The first-order valence-electron chi connectivity index (χ1n) is 9.65. The number of carbonyl (C=O) groups excluding carboxylic acids is 2. The van der Waals surface area contributed by atoms with E-state index in [4.69, 9.17) is 0 Å². The molecule has 0 aliphatic rings. The molecule has 0 bridgehead atoms. The van der Waals surface area contributed by atoms with Gasteiger partial charge < -0.3 is 10.3 Å². The molecule has 8 heteroatoms. The molecule has 152 valence electrons. The SMILES string of the molecule is CC(C)C(=O)Nc1ccc(C(=O)[C@H](C)Sc2nnc3c(n2)[nH]c2ccccc23)cc1. The third-order valence-corrected chi connectivity index (χ3v) is 5.67. The highest BCUT2D eigenvalue weighted by Gasteiger charge is 2.19. The number of rotatable bonds is 6. The van der Waals surface area contributed by atoms with Crippen molar-refractivity contribution in [2.24, 2.45) is 5.92 Å². The van der Waals surface area contributed by atoms with Crippen LogP contribution in [-0.2, 0) is 4.79 Å². The zero-order chi connectivity index (χ0) is 21.3. The second-order valence-electron chi connectivity index (χ2n) is 7.31. The minimum Gasteiger partial charge on any atom is -0.338 e. The van der Waals surface area contributed by atoms with E-state index in [1.807, 2.05) is 45.0 Å². The van der Waals surface area contributed by atoms with Crippen molar-refractivity contribution >= 4 is 51.2 Å². The second-order valence-corrected chi connectivity index (χ2v) is 8.62. The second kappa shape index (κ2) is 8.23. The van der Waals surface area contributed by atoms with Gasteiger partial charge in [0.25, 0.3) is 0 Å². The standard InChI is InChI=1S/C22H21N5O2S/c1-12(2)21(29)23-15-10-8-14(9-11-15)19(28)13(3)30-22-25-20-18(26-27-22)16-6-4-5-7-17(16)24-20/h4-13H,1-3H3,(H,23,29)(H,24,25,27)/t13-/m0/s1. The van der Waals surface area contributed by atoms with E-state index in [0.29, 0.717) is 27.6 Å². The molecule has 0 fully saturated rings. The Balaban J connectivity index is 1.47. The van der Waals surface area contributed by atoms with Gasteiger partial charge in [0.05, 0.1) is 5.25 Å². The molecule has 0 aliphatic carbocycles. The molecule has 30 heavy (non-hydrogen) atoms. The van der Waals surface area contributed by atoms with Crippen LogP contribution < -0.4 is 5.32 Å². The van der Waals surface area contributed by atoms with Gasteiger partial charge in [0, 0.05) is 28.1 Å². The number of amides is 1. The van der Waals surface area contributed by atoms with Crippen LogP contribution in [0, 0.1) is 5.92 Å². The maximum atomic E-state index is 12.8. The number of hydrogen-bond donors (Lipinski definition) is 2. The summed E-state index contributed by atoms with van der Waals surface area (Å²) in [6, 6.07) is 14.7. The van der Waals surface area contributed by atoms with Crippen LogP contribution in [0.3, 0.4) is 0 Å². The van der Waals surface area contributed by atoms with Crippen molar-refractivity contribution in [1.82, 2.24) is 20.2 Å². The number of thioether (sulfide) groups is 1. The quantitative estimate of drug-likeness (QED) is 0.353. The summed E-state index contributed by atoms with van der Waals surface area (Å²) < 4.78 is 0. The van der Waals surface area contributed by atoms with Crippen molar-refractivity contribution in [3.8, 4) is 0 Å². The number of anilines is 1.